The number of aromatic nitrogens is 4. The fourth-order valence-corrected chi connectivity index (χ4v) is 10.7. The number of aliphatic hydroxyl groups is 1. The molecule has 5 heterocycles. The number of β-amino-alcohol motifs (C(OH)–C–C–N with tert-alkyl or cyclic N) is 1. The van der Waals surface area contributed by atoms with E-state index in [1.165, 1.54) is 4.90 Å². The number of aliphatic imine (C=N–C) groups is 1. The summed E-state index contributed by atoms with van der Waals surface area (Å²) in [6.45, 7) is 14.8. The number of aryl methyl sites for hydroxylation is 3. The zero-order chi connectivity index (χ0) is 47.9. The summed E-state index contributed by atoms with van der Waals surface area (Å²) in [6, 6.07) is 19.9. The number of hydrogen-bond donors (Lipinski definition) is 4. The van der Waals surface area contributed by atoms with Crippen LogP contribution in [-0.4, -0.2) is 95.6 Å². The Labute approximate surface area is 397 Å². The van der Waals surface area contributed by atoms with Crippen molar-refractivity contribution in [2.75, 3.05) is 13.2 Å². The molecule has 0 spiro atoms. The first-order valence-electron chi connectivity index (χ1n) is 22.1. The first-order chi connectivity index (χ1) is 31.9. The number of carboxylic acid groups (broad SMARTS) is 1. The number of carbonyl (C=O) groups is 4. The van der Waals surface area contributed by atoms with Crippen molar-refractivity contribution in [2.24, 2.45) is 10.4 Å². The maximum absolute atomic E-state index is 14.3. The van der Waals surface area contributed by atoms with Gasteiger partial charge in [-0.25, -0.2) is 4.98 Å². The molecule has 0 saturated carbocycles. The number of carboxylic acids is 1. The van der Waals surface area contributed by atoms with Gasteiger partial charge in [0.1, 0.15) is 34.7 Å². The molecular formula is C50H54N8O7S2. The summed E-state index contributed by atoms with van der Waals surface area (Å²) in [5.74, 6) is -0.815. The Bertz CT molecular complexity index is 2880. The smallest absolute Gasteiger partial charge is 0.306 e. The van der Waals surface area contributed by atoms with Gasteiger partial charge in [0.25, 0.3) is 5.91 Å². The number of nitrogens with one attached hydrogen (secondary N) is 2. The largest absolute Gasteiger partial charge is 0.483 e. The molecule has 2 unspecified atom stereocenters. The molecule has 6 aromatic rings. The lowest BCUT2D eigenvalue weighted by atomic mass is 9.85. The van der Waals surface area contributed by atoms with Crippen molar-refractivity contribution in [3.63, 3.8) is 0 Å². The van der Waals surface area contributed by atoms with Crippen LogP contribution in [0.1, 0.15) is 97.1 Å². The van der Waals surface area contributed by atoms with Crippen molar-refractivity contribution >= 4 is 52.1 Å². The predicted octanol–water partition coefficient (Wildman–Crippen LogP) is 7.47. The number of likely N-dealkylation sites (tertiary alicyclic amines) is 1. The van der Waals surface area contributed by atoms with Crippen LogP contribution in [0.5, 0.6) is 5.75 Å². The van der Waals surface area contributed by atoms with E-state index in [0.29, 0.717) is 23.1 Å². The third-order valence-electron chi connectivity index (χ3n) is 12.4. The Morgan fingerprint density at radius 3 is 2.27 bits per heavy atom. The van der Waals surface area contributed by atoms with Gasteiger partial charge in [-0.1, -0.05) is 87.5 Å². The molecule has 17 heteroatoms. The van der Waals surface area contributed by atoms with E-state index in [1.54, 1.807) is 28.7 Å². The fraction of sp³-hybridized carbons (Fsp3) is 0.360. The number of thiophene rings is 1. The zero-order valence-electron chi connectivity index (χ0n) is 38.7. The van der Waals surface area contributed by atoms with E-state index in [0.717, 1.165) is 59.4 Å². The van der Waals surface area contributed by atoms with Crippen LogP contribution < -0.4 is 15.4 Å². The van der Waals surface area contributed by atoms with E-state index >= 15 is 0 Å². The minimum Gasteiger partial charge on any atom is -0.483 e. The molecule has 1 saturated heterocycles. The molecule has 2 aliphatic heterocycles. The molecule has 67 heavy (non-hydrogen) atoms. The van der Waals surface area contributed by atoms with Crippen molar-refractivity contribution in [1.29, 1.82) is 0 Å². The minimum absolute atomic E-state index is 0.0501. The van der Waals surface area contributed by atoms with Gasteiger partial charge in [-0.05, 0) is 68.4 Å². The molecule has 4 N–H and O–H groups in total. The molecule has 0 radical (unpaired) electrons. The molecular weight excluding hydrogens is 889 g/mol. The summed E-state index contributed by atoms with van der Waals surface area (Å²) < 4.78 is 8.07. The van der Waals surface area contributed by atoms with Crippen LogP contribution in [0.3, 0.4) is 0 Å². The quantitative estimate of drug-likeness (QED) is 0.0900. The molecule has 1 fully saturated rings. The summed E-state index contributed by atoms with van der Waals surface area (Å²) in [5.41, 5.74) is 8.86. The number of thiazole rings is 1. The van der Waals surface area contributed by atoms with Crippen LogP contribution in [0.2, 0.25) is 0 Å². The molecule has 8 rings (SSSR count). The van der Waals surface area contributed by atoms with Gasteiger partial charge in [-0.2, -0.15) is 0 Å². The average Bonchev–Trinajstić information content (AvgIpc) is 4.06. The van der Waals surface area contributed by atoms with Gasteiger partial charge in [0, 0.05) is 34.5 Å². The SMILES string of the molecule is Cc1ncsc1-c1ccc(C(C)NC(=O)[C@@H]2C[C@@H](O)CN2C(=O)C(NC(=O)COc2ccccc2-c2ccc(C3=N[C@@H](CC(=O)O)c4nnc(C)n4-c4sc(C)c(C)c43)cc2)C(C)(C)C)cc1. The lowest BCUT2D eigenvalue weighted by molar-refractivity contribution is -0.144. The number of aliphatic carboxylic acids is 1. The number of para-hydroxylation sites is 1. The second-order valence-electron chi connectivity index (χ2n) is 18.2. The molecule has 3 aromatic heterocycles. The molecule has 15 nitrogen and oxygen atoms in total. The highest BCUT2D eigenvalue weighted by atomic mass is 32.1. The Kier molecular flexibility index (Phi) is 13.3. The number of nitrogens with zero attached hydrogens (tertiary/aromatic N) is 6. The van der Waals surface area contributed by atoms with Gasteiger partial charge < -0.3 is 30.5 Å². The first kappa shape index (κ1) is 47.0. The lowest BCUT2D eigenvalue weighted by Crippen LogP contribution is -2.58. The average molecular weight is 943 g/mol. The highest BCUT2D eigenvalue weighted by Gasteiger charge is 2.45. The third kappa shape index (κ3) is 9.67. The number of fused-ring (bicyclic) bond motifs is 3. The third-order valence-corrected chi connectivity index (χ3v) is 14.6. The number of amides is 3. The Balaban J connectivity index is 0.953. The van der Waals surface area contributed by atoms with Gasteiger partial charge in [-0.15, -0.1) is 32.9 Å². The molecule has 0 aliphatic carbocycles. The Morgan fingerprint density at radius 2 is 1.60 bits per heavy atom. The number of hydrogen-bond acceptors (Lipinski definition) is 12. The summed E-state index contributed by atoms with van der Waals surface area (Å²) in [5, 5.41) is 36.1. The molecule has 3 amide bonds. The zero-order valence-corrected chi connectivity index (χ0v) is 40.3. The number of rotatable bonds is 13. The van der Waals surface area contributed by atoms with Crippen LogP contribution in [0.4, 0.5) is 0 Å². The molecule has 3 aromatic carbocycles. The minimum atomic E-state index is -1.04. The van der Waals surface area contributed by atoms with E-state index in [2.05, 4.69) is 25.8 Å². The topological polar surface area (TPSA) is 201 Å². The van der Waals surface area contributed by atoms with Gasteiger partial charge in [0.2, 0.25) is 11.8 Å². The van der Waals surface area contributed by atoms with Crippen LogP contribution in [0.15, 0.2) is 83.3 Å². The standard InChI is InChI=1S/C50H54N8O7S2/c1-26-29(4)67-49-42(26)43(53-37(22-41(61)62)46-56-55-30(5)58(46)49)33-17-15-32(16-18-33)36-11-9-10-12-39(36)65-24-40(60)54-45(50(6,7)8)48(64)57-23-35(59)21-38(57)47(63)52-27(2)31-13-19-34(20-14-31)44-28(3)51-25-66-44/h9-20,25,27,35,37-38,45,59H,21-24H2,1-8H3,(H,52,63)(H,54,60)(H,61,62)/t27?,35-,37+,38+,45?/m1/s1. The van der Waals surface area contributed by atoms with Crippen LogP contribution >= 0.6 is 22.7 Å². The van der Waals surface area contributed by atoms with Gasteiger partial charge >= 0.3 is 5.97 Å². The fourth-order valence-electron chi connectivity index (χ4n) is 8.69. The van der Waals surface area contributed by atoms with Crippen molar-refractivity contribution in [3.05, 3.63) is 123 Å². The van der Waals surface area contributed by atoms with Crippen molar-refractivity contribution in [1.82, 2.24) is 35.3 Å². The Morgan fingerprint density at radius 1 is 0.910 bits per heavy atom. The van der Waals surface area contributed by atoms with E-state index in [-0.39, 0.29) is 25.4 Å². The second-order valence-corrected chi connectivity index (χ2v) is 20.3. The van der Waals surface area contributed by atoms with Crippen LogP contribution in [-0.2, 0) is 19.2 Å². The van der Waals surface area contributed by atoms with Gasteiger partial charge in [0.15, 0.2) is 12.4 Å². The first-order valence-corrected chi connectivity index (χ1v) is 23.8. The molecule has 5 atom stereocenters. The van der Waals surface area contributed by atoms with Gasteiger partial charge in [0.05, 0.1) is 40.4 Å². The van der Waals surface area contributed by atoms with E-state index in [4.69, 9.17) is 9.73 Å². The molecule has 0 bridgehead atoms. The van der Waals surface area contributed by atoms with E-state index < -0.39 is 59.9 Å². The summed E-state index contributed by atoms with van der Waals surface area (Å²) in [7, 11) is 0. The summed E-state index contributed by atoms with van der Waals surface area (Å²) >= 11 is 3.16. The maximum atomic E-state index is 14.3. The highest BCUT2D eigenvalue weighted by Crippen LogP contribution is 2.40. The molecule has 2 aliphatic rings. The normalized spacial score (nSPS) is 17.7. The summed E-state index contributed by atoms with van der Waals surface area (Å²) in [4.78, 5) is 66.8. The number of aliphatic hydroxyl groups excluding tert-OH is 1. The van der Waals surface area contributed by atoms with Crippen molar-refractivity contribution in [2.45, 2.75) is 98.5 Å². The molecule has 348 valence electrons. The maximum Gasteiger partial charge on any atom is 0.306 e. The Hall–Kier alpha value is -6.56. The monoisotopic (exact) mass is 942 g/mol. The number of carbonyl (C=O) groups excluding carboxylic acids is 3. The van der Waals surface area contributed by atoms with E-state index in [9.17, 15) is 29.4 Å². The van der Waals surface area contributed by atoms with Crippen LogP contribution in [0, 0.1) is 33.1 Å². The predicted molar refractivity (Wildman–Crippen MR) is 258 cm³/mol. The number of ether oxygens (including phenoxy) is 1. The number of benzene rings is 3. The van der Waals surface area contributed by atoms with Gasteiger partial charge in [-0.3, -0.25) is 28.7 Å². The van der Waals surface area contributed by atoms with Crippen molar-refractivity contribution < 1.29 is 34.1 Å². The summed E-state index contributed by atoms with van der Waals surface area (Å²) in [6.07, 6.45) is -1.10. The highest BCUT2D eigenvalue weighted by molar-refractivity contribution is 7.15. The van der Waals surface area contributed by atoms with E-state index in [1.807, 2.05) is 132 Å². The van der Waals surface area contributed by atoms with Crippen molar-refractivity contribution in [3.8, 4) is 32.3 Å². The second kappa shape index (κ2) is 19.0. The lowest BCUT2D eigenvalue weighted by Gasteiger charge is -2.35. The van der Waals surface area contributed by atoms with Crippen LogP contribution in [0.25, 0.3) is 26.6 Å².